The summed E-state index contributed by atoms with van der Waals surface area (Å²) in [4.78, 5) is 36.1. The van der Waals surface area contributed by atoms with E-state index in [-0.39, 0.29) is 12.1 Å². The van der Waals surface area contributed by atoms with Crippen molar-refractivity contribution < 1.29 is 24.4 Å². The third kappa shape index (κ3) is 3.37. The normalized spacial score (nSPS) is 15.8. The first-order valence-electron chi connectivity index (χ1n) is 8.49. The first-order chi connectivity index (χ1) is 13.3. The van der Waals surface area contributed by atoms with E-state index < -0.39 is 23.0 Å². The summed E-state index contributed by atoms with van der Waals surface area (Å²) in [5.41, 5.74) is 2.37. The minimum absolute atomic E-state index is 0.0698. The first kappa shape index (κ1) is 19.2. The number of aliphatic hydroxyl groups excluding tert-OH is 1. The summed E-state index contributed by atoms with van der Waals surface area (Å²) >= 11 is 0. The first-order valence-corrected chi connectivity index (χ1v) is 8.49. The maximum atomic E-state index is 12.9. The fourth-order valence-corrected chi connectivity index (χ4v) is 3.23. The van der Waals surface area contributed by atoms with Crippen LogP contribution in [0, 0.1) is 10.1 Å². The van der Waals surface area contributed by atoms with Crippen molar-refractivity contribution in [2.24, 2.45) is 0 Å². The minimum atomic E-state index is -0.958. The lowest BCUT2D eigenvalue weighted by molar-refractivity contribution is -0.384. The molecule has 1 N–H and O–H groups in total. The van der Waals surface area contributed by atoms with Gasteiger partial charge < -0.3 is 9.84 Å². The number of fused-ring (bicyclic) bond motifs is 1. The number of anilines is 1. The van der Waals surface area contributed by atoms with Crippen LogP contribution in [0.25, 0.3) is 5.57 Å². The van der Waals surface area contributed by atoms with Gasteiger partial charge in [0.1, 0.15) is 0 Å². The Morgan fingerprint density at radius 2 is 1.86 bits per heavy atom. The zero-order valence-corrected chi connectivity index (χ0v) is 15.3. The highest BCUT2D eigenvalue weighted by Gasteiger charge is 2.38. The average molecular weight is 382 g/mol. The lowest BCUT2D eigenvalue weighted by atomic mass is 9.95. The van der Waals surface area contributed by atoms with Crippen LogP contribution in [0.5, 0.6) is 0 Å². The van der Waals surface area contributed by atoms with Crippen LogP contribution in [0.3, 0.4) is 0 Å². The van der Waals surface area contributed by atoms with Crippen molar-refractivity contribution in [1.82, 2.24) is 0 Å². The molecule has 0 aromatic heterocycles. The van der Waals surface area contributed by atoms with E-state index >= 15 is 0 Å². The maximum absolute atomic E-state index is 12.9. The molecule has 1 atom stereocenters. The molecule has 8 nitrogen and oxygen atoms in total. The Morgan fingerprint density at radius 1 is 1.21 bits per heavy atom. The van der Waals surface area contributed by atoms with Crippen LogP contribution in [-0.2, 0) is 9.53 Å². The highest BCUT2D eigenvalue weighted by molar-refractivity contribution is 6.39. The van der Waals surface area contributed by atoms with E-state index in [1.165, 1.54) is 31.4 Å². The Hall–Kier alpha value is -3.52. The van der Waals surface area contributed by atoms with Crippen LogP contribution in [0.4, 0.5) is 16.2 Å². The number of hydrogen-bond acceptors (Lipinski definition) is 6. The number of rotatable bonds is 4. The average Bonchev–Trinajstić information content (AvgIpc) is 2.99. The number of para-hydroxylation sites is 1. The predicted octanol–water partition coefficient (Wildman–Crippen LogP) is 3.61. The Bertz CT molecular complexity index is 980. The summed E-state index contributed by atoms with van der Waals surface area (Å²) in [6, 6.07) is 12.4. The van der Waals surface area contributed by atoms with E-state index in [4.69, 9.17) is 4.74 Å². The number of benzene rings is 2. The highest BCUT2D eigenvalue weighted by atomic mass is 16.6. The van der Waals surface area contributed by atoms with E-state index in [2.05, 4.69) is 0 Å². The summed E-state index contributed by atoms with van der Waals surface area (Å²) in [6.45, 7) is 1.71. The molecule has 8 heteroatoms. The van der Waals surface area contributed by atoms with Gasteiger partial charge in [0.25, 0.3) is 11.6 Å². The van der Waals surface area contributed by atoms with Gasteiger partial charge >= 0.3 is 6.09 Å². The monoisotopic (exact) mass is 382 g/mol. The number of carbonyl (C=O) groups excluding carboxylic acids is 2. The Kier molecular flexibility index (Phi) is 5.23. The van der Waals surface area contributed by atoms with Gasteiger partial charge in [-0.15, -0.1) is 0 Å². The van der Waals surface area contributed by atoms with Crippen molar-refractivity contribution in [3.63, 3.8) is 0 Å². The van der Waals surface area contributed by atoms with Gasteiger partial charge in [0.05, 0.1) is 23.8 Å². The Balaban J connectivity index is 1.93. The molecule has 0 radical (unpaired) electrons. The number of nitrogens with zero attached hydrogens (tertiary/aromatic N) is 2. The van der Waals surface area contributed by atoms with Crippen molar-refractivity contribution >= 4 is 28.9 Å². The summed E-state index contributed by atoms with van der Waals surface area (Å²) in [5.74, 6) is -0.513. The van der Waals surface area contributed by atoms with E-state index in [0.29, 0.717) is 28.0 Å². The second-order valence-corrected chi connectivity index (χ2v) is 6.35. The fourth-order valence-electron chi connectivity index (χ4n) is 3.23. The zero-order valence-electron chi connectivity index (χ0n) is 15.3. The standard InChI is InChI=1S/C20H18N2O6/c1-12(11-17(23)13-7-9-14(10-8-13)22(26)27)18-15-5-3-4-6-16(15)21(19(18)24)20(25)28-2/h3-10,17,23H,11H2,1-2H3/b18-12-. The van der Waals surface area contributed by atoms with Gasteiger partial charge in [0.2, 0.25) is 0 Å². The Labute approximate surface area is 160 Å². The predicted molar refractivity (Wildman–Crippen MR) is 102 cm³/mol. The van der Waals surface area contributed by atoms with Crippen LogP contribution in [0.2, 0.25) is 0 Å². The highest BCUT2D eigenvalue weighted by Crippen LogP contribution is 2.40. The third-order valence-corrected chi connectivity index (χ3v) is 4.60. The van der Waals surface area contributed by atoms with Gasteiger partial charge in [-0.25, -0.2) is 9.69 Å². The van der Waals surface area contributed by atoms with Crippen molar-refractivity contribution in [1.29, 1.82) is 0 Å². The number of methoxy groups -OCH3 is 1. The zero-order chi connectivity index (χ0) is 20.4. The van der Waals surface area contributed by atoms with Crippen LogP contribution in [-0.4, -0.2) is 29.1 Å². The number of non-ortho nitro benzene ring substituents is 1. The molecular weight excluding hydrogens is 364 g/mol. The molecule has 2 aromatic carbocycles. The minimum Gasteiger partial charge on any atom is -0.452 e. The van der Waals surface area contributed by atoms with Gasteiger partial charge in [-0.1, -0.05) is 23.8 Å². The quantitative estimate of drug-likeness (QED) is 0.491. The molecular formula is C20H18N2O6. The topological polar surface area (TPSA) is 110 Å². The molecule has 0 saturated heterocycles. The lowest BCUT2D eigenvalue weighted by Crippen LogP contribution is -2.33. The molecule has 2 aromatic rings. The van der Waals surface area contributed by atoms with Crippen LogP contribution >= 0.6 is 0 Å². The fraction of sp³-hybridized carbons (Fsp3) is 0.200. The van der Waals surface area contributed by atoms with E-state index in [1.54, 1.807) is 31.2 Å². The van der Waals surface area contributed by atoms with Crippen molar-refractivity contribution in [3.8, 4) is 0 Å². The van der Waals surface area contributed by atoms with Crippen molar-refractivity contribution in [2.45, 2.75) is 19.4 Å². The van der Waals surface area contributed by atoms with Crippen LogP contribution < -0.4 is 4.90 Å². The molecule has 2 amide bonds. The van der Waals surface area contributed by atoms with Crippen molar-refractivity contribution in [3.05, 3.63) is 75.3 Å². The SMILES string of the molecule is COC(=O)N1C(=O)/C(=C(/C)CC(O)c2ccc([N+](=O)[O-])cc2)c2ccccc21. The summed E-state index contributed by atoms with van der Waals surface area (Å²) in [7, 11) is 1.20. The number of imide groups is 1. The van der Waals surface area contributed by atoms with Crippen molar-refractivity contribution in [2.75, 3.05) is 12.0 Å². The van der Waals surface area contributed by atoms with Gasteiger partial charge in [0.15, 0.2) is 0 Å². The molecule has 144 valence electrons. The largest absolute Gasteiger partial charge is 0.452 e. The summed E-state index contributed by atoms with van der Waals surface area (Å²) < 4.78 is 4.71. The number of ether oxygens (including phenoxy) is 1. The van der Waals surface area contributed by atoms with Crippen LogP contribution in [0.15, 0.2) is 54.1 Å². The smallest absolute Gasteiger partial charge is 0.421 e. The molecule has 1 aliphatic rings. The molecule has 1 heterocycles. The van der Waals surface area contributed by atoms with E-state index in [9.17, 15) is 24.8 Å². The molecule has 0 spiro atoms. The number of carbonyl (C=O) groups is 2. The third-order valence-electron chi connectivity index (χ3n) is 4.60. The molecule has 1 aliphatic heterocycles. The van der Waals surface area contributed by atoms with Gasteiger partial charge in [-0.2, -0.15) is 0 Å². The second-order valence-electron chi connectivity index (χ2n) is 6.35. The molecule has 28 heavy (non-hydrogen) atoms. The number of amides is 2. The molecule has 0 fully saturated rings. The van der Waals surface area contributed by atoms with E-state index in [1.807, 2.05) is 0 Å². The molecule has 0 bridgehead atoms. The van der Waals surface area contributed by atoms with Crippen LogP contribution in [0.1, 0.15) is 30.6 Å². The Morgan fingerprint density at radius 3 is 2.46 bits per heavy atom. The number of aliphatic hydroxyl groups is 1. The molecule has 0 aliphatic carbocycles. The van der Waals surface area contributed by atoms with Gasteiger partial charge in [-0.3, -0.25) is 14.9 Å². The summed E-state index contributed by atoms with van der Waals surface area (Å²) in [5, 5.41) is 21.3. The van der Waals surface area contributed by atoms with E-state index in [0.717, 1.165) is 4.90 Å². The number of hydrogen-bond donors (Lipinski definition) is 1. The molecule has 3 rings (SSSR count). The number of nitro groups is 1. The molecule has 0 saturated carbocycles. The second kappa shape index (κ2) is 7.61. The molecule has 1 unspecified atom stereocenters. The summed E-state index contributed by atoms with van der Waals surface area (Å²) in [6.07, 6.45) is -1.61. The van der Waals surface area contributed by atoms with Gasteiger partial charge in [-0.05, 0) is 37.1 Å². The van der Waals surface area contributed by atoms with Gasteiger partial charge in [0, 0.05) is 23.3 Å². The maximum Gasteiger partial charge on any atom is 0.421 e. The number of nitro benzene ring substituents is 1. The lowest BCUT2D eigenvalue weighted by Gasteiger charge is -2.14.